The Morgan fingerprint density at radius 3 is 2.29 bits per heavy atom. The first-order chi connectivity index (χ1) is 13.7. The van der Waals surface area contributed by atoms with Gasteiger partial charge in [-0.2, -0.15) is 0 Å². The van der Waals surface area contributed by atoms with E-state index in [4.69, 9.17) is 14.2 Å². The number of ether oxygens (including phenoxy) is 3. The summed E-state index contributed by atoms with van der Waals surface area (Å²) in [6.07, 6.45) is 3.89. The average Bonchev–Trinajstić information content (AvgIpc) is 2.74. The van der Waals surface area contributed by atoms with Gasteiger partial charge < -0.3 is 19.0 Å². The van der Waals surface area contributed by atoms with E-state index in [1.807, 2.05) is 37.3 Å². The molecule has 0 radical (unpaired) electrons. The highest BCUT2D eigenvalue weighted by atomic mass is 16.5. The highest BCUT2D eigenvalue weighted by molar-refractivity contribution is 5.59. The molecule has 2 unspecified atom stereocenters. The summed E-state index contributed by atoms with van der Waals surface area (Å²) >= 11 is 0. The lowest BCUT2D eigenvalue weighted by atomic mass is 9.89. The number of carbonyl (C=O) groups excluding carboxylic acids is 1. The maximum Gasteiger partial charge on any atom is 0.137 e. The zero-order valence-corrected chi connectivity index (χ0v) is 16.9. The number of benzene rings is 2. The normalized spacial score (nSPS) is 19.8. The van der Waals surface area contributed by atoms with Crippen molar-refractivity contribution in [2.45, 2.75) is 44.8 Å². The number of hydrogen-bond donors (Lipinski definition) is 0. The highest BCUT2D eigenvalue weighted by Crippen LogP contribution is 2.43. The summed E-state index contributed by atoms with van der Waals surface area (Å²) < 4.78 is 16.8. The number of piperidine rings is 1. The van der Waals surface area contributed by atoms with E-state index in [2.05, 4.69) is 17.0 Å². The first-order valence-corrected chi connectivity index (χ1v) is 9.85. The highest BCUT2D eigenvalue weighted by Gasteiger charge is 2.34. The Morgan fingerprint density at radius 1 is 1.04 bits per heavy atom. The number of rotatable bonds is 8. The van der Waals surface area contributed by atoms with Crippen LogP contribution in [0, 0.1) is 0 Å². The summed E-state index contributed by atoms with van der Waals surface area (Å²) in [5.74, 6) is 2.46. The molecule has 0 N–H and O–H groups in total. The van der Waals surface area contributed by atoms with Gasteiger partial charge in [-0.25, -0.2) is 0 Å². The smallest absolute Gasteiger partial charge is 0.137 e. The van der Waals surface area contributed by atoms with Gasteiger partial charge >= 0.3 is 0 Å². The van der Waals surface area contributed by atoms with E-state index in [0.717, 1.165) is 53.9 Å². The third kappa shape index (κ3) is 4.30. The fourth-order valence-corrected chi connectivity index (χ4v) is 4.04. The summed E-state index contributed by atoms with van der Waals surface area (Å²) in [6.45, 7) is 3.30. The topological polar surface area (TPSA) is 48.0 Å². The molecular formula is C23H29NO4. The predicted molar refractivity (Wildman–Crippen MR) is 109 cm³/mol. The summed E-state index contributed by atoms with van der Waals surface area (Å²) in [6, 6.07) is 13.9. The van der Waals surface area contributed by atoms with Gasteiger partial charge in [0, 0.05) is 12.6 Å². The second-order valence-corrected chi connectivity index (χ2v) is 6.98. The van der Waals surface area contributed by atoms with E-state index < -0.39 is 0 Å². The second kappa shape index (κ2) is 9.60. The fraction of sp³-hybridized carbons (Fsp3) is 0.435. The maximum atomic E-state index is 11.9. The molecule has 2 aromatic rings. The van der Waals surface area contributed by atoms with Gasteiger partial charge in [-0.1, -0.05) is 18.2 Å². The molecule has 150 valence electrons. The molecule has 1 aliphatic heterocycles. The van der Waals surface area contributed by atoms with Crippen LogP contribution in [0.25, 0.3) is 0 Å². The number of nitrogens with zero attached hydrogens (tertiary/aromatic N) is 1. The van der Waals surface area contributed by atoms with Crippen LogP contribution in [-0.4, -0.2) is 38.1 Å². The molecule has 1 heterocycles. The van der Waals surface area contributed by atoms with Crippen molar-refractivity contribution >= 4 is 6.29 Å². The molecule has 5 nitrogen and oxygen atoms in total. The molecule has 0 spiro atoms. The van der Waals surface area contributed by atoms with E-state index >= 15 is 0 Å². The number of aldehydes is 1. The van der Waals surface area contributed by atoms with Crippen molar-refractivity contribution in [2.24, 2.45) is 0 Å². The lowest BCUT2D eigenvalue weighted by molar-refractivity contribution is -0.115. The molecule has 5 heteroatoms. The number of hydrogen-bond acceptors (Lipinski definition) is 5. The average molecular weight is 383 g/mol. The van der Waals surface area contributed by atoms with Crippen molar-refractivity contribution in [3.63, 3.8) is 0 Å². The first kappa shape index (κ1) is 20.2. The molecular weight excluding hydrogens is 354 g/mol. The van der Waals surface area contributed by atoms with Gasteiger partial charge in [-0.05, 0) is 56.0 Å². The number of likely N-dealkylation sites (tertiary alicyclic amines) is 1. The van der Waals surface area contributed by atoms with Crippen LogP contribution in [0.2, 0.25) is 0 Å². The summed E-state index contributed by atoms with van der Waals surface area (Å²) in [4.78, 5) is 14.1. The van der Waals surface area contributed by atoms with E-state index in [1.54, 1.807) is 14.2 Å². The summed E-state index contributed by atoms with van der Waals surface area (Å²) in [5.41, 5.74) is 2.17. The van der Waals surface area contributed by atoms with Crippen molar-refractivity contribution in [3.05, 3.63) is 53.6 Å². The maximum absolute atomic E-state index is 11.9. The van der Waals surface area contributed by atoms with Crippen LogP contribution in [0.4, 0.5) is 0 Å². The molecule has 0 bridgehead atoms. The van der Waals surface area contributed by atoms with E-state index in [9.17, 15) is 4.79 Å². The minimum Gasteiger partial charge on any atom is -0.496 e. The quantitative estimate of drug-likeness (QED) is 0.633. The Hall–Kier alpha value is -2.53. The third-order valence-electron chi connectivity index (χ3n) is 5.36. The molecule has 1 fully saturated rings. The van der Waals surface area contributed by atoms with Gasteiger partial charge in [0.1, 0.15) is 23.5 Å². The second-order valence-electron chi connectivity index (χ2n) is 6.98. The minimum atomic E-state index is -0.125. The lowest BCUT2D eigenvalue weighted by Crippen LogP contribution is -2.42. The predicted octanol–water partition coefficient (Wildman–Crippen LogP) is 4.40. The molecule has 3 rings (SSSR count). The Balaban J connectivity index is 1.94. The summed E-state index contributed by atoms with van der Waals surface area (Å²) in [7, 11) is 3.35. The number of methoxy groups -OCH3 is 2. The Morgan fingerprint density at radius 2 is 1.71 bits per heavy atom. The van der Waals surface area contributed by atoms with Crippen molar-refractivity contribution in [1.29, 1.82) is 0 Å². The monoisotopic (exact) mass is 383 g/mol. The number of carbonyl (C=O) groups is 1. The molecule has 0 saturated carbocycles. The van der Waals surface area contributed by atoms with Gasteiger partial charge in [0.15, 0.2) is 0 Å². The van der Waals surface area contributed by atoms with E-state index in [1.165, 1.54) is 0 Å². The zero-order chi connectivity index (χ0) is 19.9. The van der Waals surface area contributed by atoms with Crippen LogP contribution in [0.3, 0.4) is 0 Å². The van der Waals surface area contributed by atoms with Gasteiger partial charge in [-0.15, -0.1) is 0 Å². The van der Waals surface area contributed by atoms with E-state index in [0.29, 0.717) is 13.2 Å². The van der Waals surface area contributed by atoms with Crippen molar-refractivity contribution in [3.8, 4) is 17.2 Å². The SMILES string of the molecule is CCOc1ccc(CN2C(C=O)CCCC2c2c(OC)cccc2OC)cc1. The largest absolute Gasteiger partial charge is 0.496 e. The molecule has 28 heavy (non-hydrogen) atoms. The van der Waals surface area contributed by atoms with Gasteiger partial charge in [0.25, 0.3) is 0 Å². The molecule has 0 aliphatic carbocycles. The van der Waals surface area contributed by atoms with Crippen molar-refractivity contribution < 1.29 is 19.0 Å². The third-order valence-corrected chi connectivity index (χ3v) is 5.36. The molecule has 1 aliphatic rings. The van der Waals surface area contributed by atoms with Gasteiger partial charge in [0.05, 0.1) is 32.4 Å². The van der Waals surface area contributed by atoms with Crippen LogP contribution in [0.5, 0.6) is 17.2 Å². The molecule has 1 saturated heterocycles. The Labute approximate surface area is 167 Å². The molecule has 2 atom stereocenters. The van der Waals surface area contributed by atoms with Crippen LogP contribution in [-0.2, 0) is 11.3 Å². The molecule has 0 aromatic heterocycles. The first-order valence-electron chi connectivity index (χ1n) is 9.85. The lowest BCUT2D eigenvalue weighted by Gasteiger charge is -2.41. The standard InChI is InChI=1S/C23H29NO4/c1-4-28-19-13-11-17(12-14-19)15-24-18(16-25)7-5-8-20(24)23-21(26-2)9-6-10-22(23)27-3/h6,9-14,16,18,20H,4-5,7-8,15H2,1-3H3. The van der Waals surface area contributed by atoms with Crippen molar-refractivity contribution in [1.82, 2.24) is 4.90 Å². The fourth-order valence-electron chi connectivity index (χ4n) is 4.04. The zero-order valence-electron chi connectivity index (χ0n) is 16.9. The van der Waals surface area contributed by atoms with Crippen LogP contribution in [0.1, 0.15) is 43.4 Å². The molecule has 0 amide bonds. The van der Waals surface area contributed by atoms with Crippen LogP contribution < -0.4 is 14.2 Å². The van der Waals surface area contributed by atoms with Gasteiger partial charge in [0.2, 0.25) is 0 Å². The van der Waals surface area contributed by atoms with Gasteiger partial charge in [-0.3, -0.25) is 4.90 Å². The Bertz CT molecular complexity index is 752. The van der Waals surface area contributed by atoms with Crippen LogP contribution in [0.15, 0.2) is 42.5 Å². The van der Waals surface area contributed by atoms with Crippen molar-refractivity contribution in [2.75, 3.05) is 20.8 Å². The van der Waals surface area contributed by atoms with E-state index in [-0.39, 0.29) is 12.1 Å². The Kier molecular flexibility index (Phi) is 6.93. The minimum absolute atomic E-state index is 0.0571. The molecule has 2 aromatic carbocycles. The summed E-state index contributed by atoms with van der Waals surface area (Å²) in [5, 5.41) is 0. The van der Waals surface area contributed by atoms with Crippen LogP contribution >= 0.6 is 0 Å².